The molecule has 4 heteroatoms. The number of nitrogens with two attached hydrogens (primary N) is 1. The molecule has 2 rings (SSSR count). The normalized spacial score (nSPS) is 14.6. The molecule has 0 spiro atoms. The lowest BCUT2D eigenvalue weighted by atomic mass is 10.3. The number of nitrogens with zero attached hydrogens (tertiary/aromatic N) is 2. The van der Waals surface area contributed by atoms with Crippen LogP contribution in [0.15, 0.2) is 5.03 Å². The van der Waals surface area contributed by atoms with E-state index in [9.17, 15) is 0 Å². The summed E-state index contributed by atoms with van der Waals surface area (Å²) in [5, 5.41) is 1.13. The molecular weight excluding hydrogens is 182 g/mol. The Balaban J connectivity index is 2.49. The first-order valence-corrected chi connectivity index (χ1v) is 5.70. The summed E-state index contributed by atoms with van der Waals surface area (Å²) in [6.45, 7) is 0.445. The molecule has 0 fully saturated rings. The number of hydrogen-bond donors (Lipinski definition) is 1. The predicted octanol–water partition coefficient (Wildman–Crippen LogP) is 1.15. The van der Waals surface area contributed by atoms with Crippen molar-refractivity contribution >= 4 is 11.8 Å². The van der Waals surface area contributed by atoms with E-state index in [-0.39, 0.29) is 0 Å². The molecule has 1 aromatic heterocycles. The summed E-state index contributed by atoms with van der Waals surface area (Å²) in [7, 11) is 0. The van der Waals surface area contributed by atoms with Crippen molar-refractivity contribution in [3.63, 3.8) is 0 Å². The standard InChI is InChI=1S/C9H13N3S/c1-13-9-6-3-2-4-7(6)11-8(5-10)12-9/h2-5,10H2,1H3. The molecule has 13 heavy (non-hydrogen) atoms. The molecular formula is C9H13N3S. The van der Waals surface area contributed by atoms with Crippen molar-refractivity contribution in [1.29, 1.82) is 0 Å². The van der Waals surface area contributed by atoms with Crippen LogP contribution in [0.1, 0.15) is 23.5 Å². The van der Waals surface area contributed by atoms with Gasteiger partial charge in [-0.3, -0.25) is 0 Å². The zero-order chi connectivity index (χ0) is 9.26. The molecule has 0 saturated heterocycles. The lowest BCUT2D eigenvalue weighted by Crippen LogP contribution is -2.07. The van der Waals surface area contributed by atoms with Gasteiger partial charge in [-0.1, -0.05) is 0 Å². The quantitative estimate of drug-likeness (QED) is 0.568. The van der Waals surface area contributed by atoms with Crippen LogP contribution in [0.3, 0.4) is 0 Å². The number of aryl methyl sites for hydroxylation is 1. The average Bonchev–Trinajstić information content (AvgIpc) is 2.63. The van der Waals surface area contributed by atoms with Gasteiger partial charge in [0.15, 0.2) is 0 Å². The molecule has 3 nitrogen and oxygen atoms in total. The van der Waals surface area contributed by atoms with E-state index in [4.69, 9.17) is 5.73 Å². The first-order chi connectivity index (χ1) is 6.35. The molecule has 0 radical (unpaired) electrons. The average molecular weight is 195 g/mol. The van der Waals surface area contributed by atoms with Gasteiger partial charge in [-0.15, -0.1) is 11.8 Å². The van der Waals surface area contributed by atoms with Gasteiger partial charge in [0.2, 0.25) is 0 Å². The van der Waals surface area contributed by atoms with Crippen LogP contribution in [0.2, 0.25) is 0 Å². The van der Waals surface area contributed by atoms with Crippen molar-refractivity contribution in [2.45, 2.75) is 30.8 Å². The topological polar surface area (TPSA) is 51.8 Å². The first-order valence-electron chi connectivity index (χ1n) is 4.48. The Morgan fingerprint density at radius 1 is 1.38 bits per heavy atom. The smallest absolute Gasteiger partial charge is 0.143 e. The van der Waals surface area contributed by atoms with Crippen LogP contribution in [0, 0.1) is 0 Å². The molecule has 0 saturated carbocycles. The van der Waals surface area contributed by atoms with Crippen LogP contribution in [0.5, 0.6) is 0 Å². The third kappa shape index (κ3) is 1.56. The Hall–Kier alpha value is -0.610. The van der Waals surface area contributed by atoms with Crippen molar-refractivity contribution in [3.05, 3.63) is 17.1 Å². The number of fused-ring (bicyclic) bond motifs is 1. The van der Waals surface area contributed by atoms with E-state index >= 15 is 0 Å². The van der Waals surface area contributed by atoms with Crippen LogP contribution in [-0.4, -0.2) is 16.2 Å². The van der Waals surface area contributed by atoms with E-state index in [0.29, 0.717) is 6.54 Å². The highest BCUT2D eigenvalue weighted by atomic mass is 32.2. The summed E-state index contributed by atoms with van der Waals surface area (Å²) in [6, 6.07) is 0. The van der Waals surface area contributed by atoms with E-state index in [0.717, 1.165) is 23.7 Å². The van der Waals surface area contributed by atoms with Crippen LogP contribution in [-0.2, 0) is 19.4 Å². The van der Waals surface area contributed by atoms with Gasteiger partial charge in [0.25, 0.3) is 0 Å². The molecule has 1 aliphatic carbocycles. The maximum atomic E-state index is 5.53. The summed E-state index contributed by atoms with van der Waals surface area (Å²) in [6.07, 6.45) is 5.50. The highest BCUT2D eigenvalue weighted by Crippen LogP contribution is 2.27. The second-order valence-corrected chi connectivity index (χ2v) is 3.93. The Morgan fingerprint density at radius 2 is 2.23 bits per heavy atom. The summed E-state index contributed by atoms with van der Waals surface area (Å²) in [5.74, 6) is 0.782. The van der Waals surface area contributed by atoms with E-state index in [1.807, 2.05) is 0 Å². The fraction of sp³-hybridized carbons (Fsp3) is 0.556. The molecule has 0 atom stereocenters. The van der Waals surface area contributed by atoms with Gasteiger partial charge >= 0.3 is 0 Å². The third-order valence-electron chi connectivity index (χ3n) is 2.32. The van der Waals surface area contributed by atoms with Gasteiger partial charge in [0.1, 0.15) is 10.9 Å². The minimum absolute atomic E-state index is 0.445. The van der Waals surface area contributed by atoms with Gasteiger partial charge in [-0.25, -0.2) is 9.97 Å². The van der Waals surface area contributed by atoms with Crippen LogP contribution in [0.4, 0.5) is 0 Å². The van der Waals surface area contributed by atoms with Gasteiger partial charge in [-0.05, 0) is 25.5 Å². The van der Waals surface area contributed by atoms with Gasteiger partial charge in [0, 0.05) is 11.3 Å². The largest absolute Gasteiger partial charge is 0.324 e. The minimum Gasteiger partial charge on any atom is -0.324 e. The molecule has 0 aromatic carbocycles. The fourth-order valence-electron chi connectivity index (χ4n) is 1.71. The highest BCUT2D eigenvalue weighted by Gasteiger charge is 2.17. The van der Waals surface area contributed by atoms with E-state index in [2.05, 4.69) is 16.2 Å². The van der Waals surface area contributed by atoms with Crippen LogP contribution < -0.4 is 5.73 Å². The number of hydrogen-bond acceptors (Lipinski definition) is 4. The molecule has 70 valence electrons. The molecule has 0 bridgehead atoms. The van der Waals surface area contributed by atoms with Crippen molar-refractivity contribution in [2.24, 2.45) is 5.73 Å². The Bertz CT molecular complexity index is 325. The number of aromatic nitrogens is 2. The van der Waals surface area contributed by atoms with Gasteiger partial charge in [-0.2, -0.15) is 0 Å². The second-order valence-electron chi connectivity index (χ2n) is 3.13. The van der Waals surface area contributed by atoms with Gasteiger partial charge < -0.3 is 5.73 Å². The summed E-state index contributed by atoms with van der Waals surface area (Å²) < 4.78 is 0. The minimum atomic E-state index is 0.445. The fourth-order valence-corrected chi connectivity index (χ4v) is 2.37. The van der Waals surface area contributed by atoms with E-state index in [1.165, 1.54) is 17.7 Å². The Labute approximate surface area is 82.2 Å². The lowest BCUT2D eigenvalue weighted by Gasteiger charge is -2.06. The maximum Gasteiger partial charge on any atom is 0.143 e. The molecule has 0 amide bonds. The van der Waals surface area contributed by atoms with Crippen molar-refractivity contribution in [3.8, 4) is 0 Å². The zero-order valence-corrected chi connectivity index (χ0v) is 8.52. The molecule has 1 heterocycles. The molecule has 0 aliphatic heterocycles. The van der Waals surface area contributed by atoms with Crippen molar-refractivity contribution < 1.29 is 0 Å². The molecule has 1 aromatic rings. The predicted molar refractivity (Wildman–Crippen MR) is 53.7 cm³/mol. The summed E-state index contributed by atoms with van der Waals surface area (Å²) in [4.78, 5) is 8.84. The zero-order valence-electron chi connectivity index (χ0n) is 7.71. The summed E-state index contributed by atoms with van der Waals surface area (Å²) >= 11 is 1.70. The lowest BCUT2D eigenvalue weighted by molar-refractivity contribution is 0.832. The monoisotopic (exact) mass is 195 g/mol. The van der Waals surface area contributed by atoms with Crippen molar-refractivity contribution in [2.75, 3.05) is 6.26 Å². The van der Waals surface area contributed by atoms with Crippen LogP contribution >= 0.6 is 11.8 Å². The third-order valence-corrected chi connectivity index (χ3v) is 3.04. The highest BCUT2D eigenvalue weighted by molar-refractivity contribution is 7.98. The Kier molecular flexibility index (Phi) is 2.51. The molecule has 0 unspecified atom stereocenters. The van der Waals surface area contributed by atoms with Gasteiger partial charge in [0.05, 0.1) is 6.54 Å². The van der Waals surface area contributed by atoms with E-state index < -0.39 is 0 Å². The number of thioether (sulfide) groups is 1. The second kappa shape index (κ2) is 3.64. The number of rotatable bonds is 2. The molecule has 2 N–H and O–H groups in total. The first kappa shape index (κ1) is 8.97. The molecule has 1 aliphatic rings. The maximum absolute atomic E-state index is 5.53. The Morgan fingerprint density at radius 3 is 2.92 bits per heavy atom. The van der Waals surface area contributed by atoms with Crippen molar-refractivity contribution in [1.82, 2.24) is 9.97 Å². The SMILES string of the molecule is CSc1nc(CN)nc2c1CCC2. The van der Waals surface area contributed by atoms with E-state index in [1.54, 1.807) is 11.8 Å². The van der Waals surface area contributed by atoms with Crippen LogP contribution in [0.25, 0.3) is 0 Å². The summed E-state index contributed by atoms with van der Waals surface area (Å²) in [5.41, 5.74) is 8.11.